The highest BCUT2D eigenvalue weighted by molar-refractivity contribution is 5.55. The van der Waals surface area contributed by atoms with Crippen LogP contribution in [-0.4, -0.2) is 17.7 Å². The number of para-hydroxylation sites is 1. The first-order chi connectivity index (χ1) is 10.3. The third kappa shape index (κ3) is 3.00. The van der Waals surface area contributed by atoms with Crippen LogP contribution in [-0.2, 0) is 6.54 Å². The molecule has 110 valence electrons. The van der Waals surface area contributed by atoms with Crippen LogP contribution in [0.3, 0.4) is 0 Å². The Morgan fingerprint density at radius 2 is 1.90 bits per heavy atom. The molecule has 0 aliphatic carbocycles. The lowest BCUT2D eigenvalue weighted by Crippen LogP contribution is -2.31. The molecule has 1 aliphatic heterocycles. The van der Waals surface area contributed by atoms with Crippen molar-refractivity contribution < 1.29 is 0 Å². The van der Waals surface area contributed by atoms with Crippen LogP contribution in [0.15, 0.2) is 53.5 Å². The summed E-state index contributed by atoms with van der Waals surface area (Å²) in [6.45, 7) is 2.52. The Morgan fingerprint density at radius 1 is 1.10 bits per heavy atom. The average Bonchev–Trinajstić information content (AvgIpc) is 2.67. The van der Waals surface area contributed by atoms with E-state index >= 15 is 0 Å². The fourth-order valence-corrected chi connectivity index (χ4v) is 2.97. The Morgan fingerprint density at radius 3 is 2.76 bits per heavy atom. The smallest absolute Gasteiger partial charge is 0.250 e. The molecule has 21 heavy (non-hydrogen) atoms. The largest absolute Gasteiger partial charge is 0.369 e. The predicted octanol–water partition coefficient (Wildman–Crippen LogP) is 2.15. The molecule has 2 heterocycles. The molecule has 1 unspecified atom stereocenters. The van der Waals surface area contributed by atoms with Crippen LogP contribution < -0.4 is 16.2 Å². The Balaban J connectivity index is 1.81. The minimum atomic E-state index is 0.0531. The van der Waals surface area contributed by atoms with Gasteiger partial charge in [-0.25, -0.2) is 0 Å². The summed E-state index contributed by atoms with van der Waals surface area (Å²) in [5, 5.41) is 0. The molecule has 1 aromatic carbocycles. The fourth-order valence-electron chi connectivity index (χ4n) is 2.97. The fraction of sp³-hybridized carbons (Fsp3) is 0.353. The van der Waals surface area contributed by atoms with Crippen molar-refractivity contribution in [1.29, 1.82) is 0 Å². The average molecular weight is 283 g/mol. The second-order valence-electron chi connectivity index (χ2n) is 5.53. The van der Waals surface area contributed by atoms with Crippen LogP contribution in [0.1, 0.15) is 24.4 Å². The molecule has 0 bridgehead atoms. The minimum absolute atomic E-state index is 0.0531. The maximum absolute atomic E-state index is 11.8. The quantitative estimate of drug-likeness (QED) is 0.939. The minimum Gasteiger partial charge on any atom is -0.369 e. The third-order valence-corrected chi connectivity index (χ3v) is 4.13. The highest BCUT2D eigenvalue weighted by Gasteiger charge is 2.19. The van der Waals surface area contributed by atoms with Gasteiger partial charge >= 0.3 is 0 Å². The van der Waals surface area contributed by atoms with E-state index in [0.29, 0.717) is 6.54 Å². The Labute approximate surface area is 124 Å². The Kier molecular flexibility index (Phi) is 4.06. The Bertz CT molecular complexity index is 665. The molecule has 0 fully saturated rings. The molecule has 0 saturated heterocycles. The lowest BCUT2D eigenvalue weighted by Gasteiger charge is -2.25. The zero-order valence-electron chi connectivity index (χ0n) is 12.1. The van der Waals surface area contributed by atoms with Gasteiger partial charge in [0.15, 0.2) is 0 Å². The van der Waals surface area contributed by atoms with Crippen molar-refractivity contribution in [2.45, 2.75) is 25.4 Å². The van der Waals surface area contributed by atoms with Crippen molar-refractivity contribution in [2.24, 2.45) is 5.73 Å². The zero-order chi connectivity index (χ0) is 14.7. The van der Waals surface area contributed by atoms with Gasteiger partial charge in [-0.05, 0) is 30.5 Å². The van der Waals surface area contributed by atoms with Gasteiger partial charge in [-0.15, -0.1) is 0 Å². The number of nitrogens with zero attached hydrogens (tertiary/aromatic N) is 2. The number of fused-ring (bicyclic) bond motifs is 1. The number of rotatable bonds is 3. The summed E-state index contributed by atoms with van der Waals surface area (Å²) in [5.41, 5.74) is 8.74. The van der Waals surface area contributed by atoms with Gasteiger partial charge in [0.05, 0.1) is 0 Å². The third-order valence-electron chi connectivity index (χ3n) is 4.13. The molecule has 0 spiro atoms. The van der Waals surface area contributed by atoms with Gasteiger partial charge in [-0.2, -0.15) is 0 Å². The van der Waals surface area contributed by atoms with Gasteiger partial charge in [-0.1, -0.05) is 24.3 Å². The van der Waals surface area contributed by atoms with E-state index < -0.39 is 0 Å². The second-order valence-corrected chi connectivity index (χ2v) is 5.53. The van der Waals surface area contributed by atoms with Crippen molar-refractivity contribution in [3.05, 3.63) is 64.6 Å². The first-order valence-electron chi connectivity index (χ1n) is 7.50. The van der Waals surface area contributed by atoms with E-state index in [0.717, 1.165) is 25.9 Å². The molecule has 0 saturated carbocycles. The maximum Gasteiger partial charge on any atom is 0.250 e. The van der Waals surface area contributed by atoms with Crippen LogP contribution in [0.25, 0.3) is 0 Å². The van der Waals surface area contributed by atoms with Gasteiger partial charge in [0.2, 0.25) is 0 Å². The summed E-state index contributed by atoms with van der Waals surface area (Å²) < 4.78 is 1.76. The van der Waals surface area contributed by atoms with Crippen molar-refractivity contribution in [2.75, 3.05) is 18.0 Å². The molecular weight excluding hydrogens is 262 g/mol. The summed E-state index contributed by atoms with van der Waals surface area (Å²) >= 11 is 0. The van der Waals surface area contributed by atoms with Crippen molar-refractivity contribution >= 4 is 5.69 Å². The van der Waals surface area contributed by atoms with E-state index in [-0.39, 0.29) is 11.6 Å². The highest BCUT2D eigenvalue weighted by atomic mass is 16.1. The first-order valence-corrected chi connectivity index (χ1v) is 7.50. The van der Waals surface area contributed by atoms with E-state index in [1.807, 2.05) is 18.3 Å². The SMILES string of the molecule is NC1CCCN(CCn2ccccc2=O)c2ccccc21. The van der Waals surface area contributed by atoms with Crippen LogP contribution in [0.5, 0.6) is 0 Å². The predicted molar refractivity (Wildman–Crippen MR) is 85.5 cm³/mol. The van der Waals surface area contributed by atoms with E-state index in [1.54, 1.807) is 16.7 Å². The van der Waals surface area contributed by atoms with E-state index in [9.17, 15) is 4.79 Å². The van der Waals surface area contributed by atoms with Gasteiger partial charge < -0.3 is 15.2 Å². The first kappa shape index (κ1) is 13.9. The molecule has 2 N–H and O–H groups in total. The highest BCUT2D eigenvalue weighted by Crippen LogP contribution is 2.31. The van der Waals surface area contributed by atoms with Gasteiger partial charge in [0.25, 0.3) is 5.56 Å². The summed E-state index contributed by atoms with van der Waals surface area (Å²) in [4.78, 5) is 14.1. The second kappa shape index (κ2) is 6.14. The monoisotopic (exact) mass is 283 g/mol. The van der Waals surface area contributed by atoms with Crippen LogP contribution in [0.4, 0.5) is 5.69 Å². The van der Waals surface area contributed by atoms with E-state index in [1.165, 1.54) is 11.3 Å². The molecule has 1 aromatic heterocycles. The number of hydrogen-bond acceptors (Lipinski definition) is 3. The number of nitrogens with two attached hydrogens (primary N) is 1. The number of anilines is 1. The van der Waals surface area contributed by atoms with Crippen molar-refractivity contribution in [3.63, 3.8) is 0 Å². The normalized spacial score (nSPS) is 18.1. The summed E-state index contributed by atoms with van der Waals surface area (Å²) in [7, 11) is 0. The van der Waals surface area contributed by atoms with Crippen molar-refractivity contribution in [1.82, 2.24) is 4.57 Å². The summed E-state index contributed by atoms with van der Waals surface area (Å²) in [5.74, 6) is 0. The molecule has 4 heteroatoms. The van der Waals surface area contributed by atoms with Crippen LogP contribution in [0, 0.1) is 0 Å². The van der Waals surface area contributed by atoms with Gasteiger partial charge in [0, 0.05) is 43.6 Å². The van der Waals surface area contributed by atoms with E-state index in [4.69, 9.17) is 5.73 Å². The number of hydrogen-bond donors (Lipinski definition) is 1. The zero-order valence-corrected chi connectivity index (χ0v) is 12.1. The number of aromatic nitrogens is 1. The van der Waals surface area contributed by atoms with Gasteiger partial charge in [-0.3, -0.25) is 4.79 Å². The summed E-state index contributed by atoms with van der Waals surface area (Å²) in [6.07, 6.45) is 3.94. The lowest BCUT2D eigenvalue weighted by molar-refractivity contribution is 0.603. The Hall–Kier alpha value is -2.07. The number of benzene rings is 1. The van der Waals surface area contributed by atoms with E-state index in [2.05, 4.69) is 23.1 Å². The molecule has 1 atom stereocenters. The molecule has 1 aliphatic rings. The molecule has 2 aromatic rings. The standard InChI is InChI=1S/C17H21N3O/c18-15-7-5-11-19(16-8-2-1-6-14(15)16)12-13-20-10-4-3-9-17(20)21/h1-4,6,8-10,15H,5,7,11-13,18H2. The summed E-state index contributed by atoms with van der Waals surface area (Å²) in [6, 6.07) is 13.7. The number of pyridine rings is 1. The molecule has 3 rings (SSSR count). The molecule has 0 radical (unpaired) electrons. The molecule has 0 amide bonds. The maximum atomic E-state index is 11.8. The lowest BCUT2D eigenvalue weighted by atomic mass is 10.0. The van der Waals surface area contributed by atoms with Gasteiger partial charge in [0.1, 0.15) is 0 Å². The molecule has 4 nitrogen and oxygen atoms in total. The van der Waals surface area contributed by atoms with Crippen molar-refractivity contribution in [3.8, 4) is 0 Å². The van der Waals surface area contributed by atoms with Crippen LogP contribution in [0.2, 0.25) is 0 Å². The topological polar surface area (TPSA) is 51.3 Å². The van der Waals surface area contributed by atoms with Crippen LogP contribution >= 0.6 is 0 Å². The molecular formula is C17H21N3O.